The van der Waals surface area contributed by atoms with Crippen LogP contribution in [0.15, 0.2) is 72.9 Å². The van der Waals surface area contributed by atoms with Gasteiger partial charge in [0.15, 0.2) is 17.0 Å². The Morgan fingerprint density at radius 1 is 0.432 bits per heavy atom. The number of amides is 6. The van der Waals surface area contributed by atoms with E-state index < -0.39 is 97.5 Å². The fourth-order valence-corrected chi connectivity index (χ4v) is 15.4. The van der Waals surface area contributed by atoms with Gasteiger partial charge in [-0.2, -0.15) is 0 Å². The fraction of sp³-hybridized carbons (Fsp3) is 0.696. The second-order valence-electron chi connectivity index (χ2n) is 31.8. The Labute approximate surface area is 521 Å². The lowest BCUT2D eigenvalue weighted by Crippen LogP contribution is -2.80. The number of fused-ring (bicyclic) bond motifs is 3. The number of carbonyl (C=O) groups is 7. The number of ether oxygens (including phenoxy) is 6. The summed E-state index contributed by atoms with van der Waals surface area (Å²) in [4.78, 5) is 106. The van der Waals surface area contributed by atoms with E-state index in [0.717, 1.165) is 12.8 Å². The molecule has 12 atom stereocenters. The molecule has 6 amide bonds. The number of hydrogen-bond acceptors (Lipinski definition) is 13. The van der Waals surface area contributed by atoms with Crippen molar-refractivity contribution in [1.29, 1.82) is 0 Å². The monoisotopic (exact) mass is 1220 g/mol. The van der Waals surface area contributed by atoms with Crippen LogP contribution in [0.1, 0.15) is 197 Å². The molecule has 0 saturated carbocycles. The highest BCUT2D eigenvalue weighted by atomic mass is 16.8. The first-order chi connectivity index (χ1) is 40.5. The number of para-hydroxylation sites is 2. The third-order valence-corrected chi connectivity index (χ3v) is 21.1. The zero-order valence-corrected chi connectivity index (χ0v) is 56.3. The molecule has 9 aliphatic heterocycles. The molecule has 1 aromatic rings. The highest BCUT2D eigenvalue weighted by molar-refractivity contribution is 6.14. The van der Waals surface area contributed by atoms with Gasteiger partial charge in [0.2, 0.25) is 0 Å². The zero-order chi connectivity index (χ0) is 65.3. The van der Waals surface area contributed by atoms with Crippen LogP contribution in [0.25, 0.3) is 0 Å². The van der Waals surface area contributed by atoms with Crippen molar-refractivity contribution in [2.45, 2.75) is 273 Å². The normalized spacial score (nSPS) is 38.5. The average molecular weight is 1220 g/mol. The van der Waals surface area contributed by atoms with E-state index in [2.05, 4.69) is 27.7 Å². The Morgan fingerprint density at radius 2 is 0.761 bits per heavy atom. The summed E-state index contributed by atoms with van der Waals surface area (Å²) in [7, 11) is 0. The van der Waals surface area contributed by atoms with Crippen LogP contribution in [0.5, 0.6) is 0 Å². The van der Waals surface area contributed by atoms with E-state index >= 15 is 0 Å². The Hall–Kier alpha value is -5.57. The number of nitrogens with zero attached hydrogens (tertiary/aromatic N) is 6. The maximum Gasteiger partial charge on any atom is 0.358 e. The van der Waals surface area contributed by atoms with Crippen LogP contribution in [0.4, 0.5) is 11.4 Å². The summed E-state index contributed by atoms with van der Waals surface area (Å²) in [5, 5.41) is 0. The molecule has 8 fully saturated rings. The molecule has 0 radical (unpaired) electrons. The summed E-state index contributed by atoms with van der Waals surface area (Å²) >= 11 is 0. The van der Waals surface area contributed by atoms with Crippen molar-refractivity contribution in [3.63, 3.8) is 0 Å². The minimum absolute atomic E-state index is 0.0811. The van der Waals surface area contributed by atoms with Gasteiger partial charge in [0.05, 0.1) is 11.4 Å². The molecule has 1 aromatic carbocycles. The Kier molecular flexibility index (Phi) is 15.2. The van der Waals surface area contributed by atoms with Gasteiger partial charge in [-0.3, -0.25) is 62.6 Å². The first-order valence-electron chi connectivity index (χ1n) is 32.0. The van der Waals surface area contributed by atoms with Crippen LogP contribution in [0.2, 0.25) is 0 Å². The van der Waals surface area contributed by atoms with E-state index in [-0.39, 0.29) is 53.1 Å². The highest BCUT2D eigenvalue weighted by Gasteiger charge is 2.83. The first kappa shape index (κ1) is 65.4. The standard InChI is InChI=1S/C28H36N2O5.C22H38N2O4.C19H24N2O4/c1-7-24(3)21(31)25(4,8-2)30-23(33)27(6,20-17-13-10-14-18-20)35-28(30)29(24)22(32)26(5,34-28)19-15-11-9-12-16-19;1-11-20(9)13-21(10,12-2)24-17(26)15(19(6,7)8)28-22(24)23(20)16(25)14(27-22)18(3,4)5;1-17(2,3)13-15(22)20-11-9-7-8-10-12(11)21-16(23)14(18(4,5)6)25-19(20,21)24-13/h9-15,17,19-20H,7-8,16,18H2,1-6H3;14-15H,11-13H2,1-10H3;7-10,13-14H,1-6H3/t19?,20?,24-,25-,26-,27-,28?;14-,15-,20+,21+,22?;13-,14-,19?/m100/s1. The number of hydrogen-bond donors (Lipinski definition) is 0. The summed E-state index contributed by atoms with van der Waals surface area (Å²) in [6.45, 7) is 43.0. The molecule has 2 aliphatic carbocycles. The van der Waals surface area contributed by atoms with Gasteiger partial charge in [-0.15, -0.1) is 0 Å². The van der Waals surface area contributed by atoms with Crippen molar-refractivity contribution in [2.75, 3.05) is 9.80 Å². The van der Waals surface area contributed by atoms with Crippen molar-refractivity contribution >= 4 is 52.6 Å². The maximum atomic E-state index is 14.4. The molecule has 8 saturated heterocycles. The van der Waals surface area contributed by atoms with Gasteiger partial charge in [0, 0.05) is 22.9 Å². The molecule has 3 spiro atoms. The van der Waals surface area contributed by atoms with Crippen molar-refractivity contribution in [1.82, 2.24) is 19.6 Å². The predicted molar refractivity (Wildman–Crippen MR) is 330 cm³/mol. The van der Waals surface area contributed by atoms with E-state index in [9.17, 15) is 33.6 Å². The number of allylic oxidation sites excluding steroid dienone is 6. The quantitative estimate of drug-likeness (QED) is 0.261. The van der Waals surface area contributed by atoms with Gasteiger partial charge in [0.25, 0.3) is 35.4 Å². The van der Waals surface area contributed by atoms with Crippen LogP contribution < -0.4 is 9.80 Å². The number of benzene rings is 1. The zero-order valence-electron chi connectivity index (χ0n) is 56.3. The van der Waals surface area contributed by atoms with E-state index in [0.29, 0.717) is 43.5 Å². The molecular formula is C69H98N6O13. The summed E-state index contributed by atoms with van der Waals surface area (Å²) in [6, 6.07) is 2.57. The maximum absolute atomic E-state index is 14.4. The molecule has 88 heavy (non-hydrogen) atoms. The largest absolute Gasteiger partial charge is 0.358 e. The molecule has 11 aliphatic rings. The molecule has 0 bridgehead atoms. The van der Waals surface area contributed by atoms with Crippen molar-refractivity contribution < 1.29 is 62.0 Å². The Bertz CT molecular complexity index is 3030. The lowest BCUT2D eigenvalue weighted by atomic mass is 9.73. The van der Waals surface area contributed by atoms with Crippen molar-refractivity contribution in [3.8, 4) is 0 Å². The predicted octanol–water partition coefficient (Wildman–Crippen LogP) is 10.8. The van der Waals surface area contributed by atoms with Crippen LogP contribution in [-0.2, 0) is 62.0 Å². The van der Waals surface area contributed by atoms with E-state index in [1.54, 1.807) is 37.5 Å². The third-order valence-electron chi connectivity index (χ3n) is 21.1. The van der Waals surface area contributed by atoms with E-state index in [1.165, 1.54) is 19.6 Å². The molecule has 12 rings (SSSR count). The number of ketones is 1. The number of Topliss-reactive ketones (excluding diaryl/α,β-unsaturated/α-hetero) is 1. The molecule has 19 heteroatoms. The third kappa shape index (κ3) is 8.85. The number of rotatable bonds is 6. The summed E-state index contributed by atoms with van der Waals surface area (Å²) < 4.78 is 39.0. The van der Waals surface area contributed by atoms with Crippen molar-refractivity contribution in [3.05, 3.63) is 72.9 Å². The molecule has 482 valence electrons. The van der Waals surface area contributed by atoms with Gasteiger partial charge in [0.1, 0.15) is 35.5 Å². The number of carbonyl (C=O) groups excluding carboxylic acids is 7. The van der Waals surface area contributed by atoms with Gasteiger partial charge >= 0.3 is 18.1 Å². The van der Waals surface area contributed by atoms with E-state index in [4.69, 9.17) is 28.4 Å². The lowest BCUT2D eigenvalue weighted by molar-refractivity contribution is -0.387. The molecule has 2 unspecified atom stereocenters. The van der Waals surface area contributed by atoms with Crippen LogP contribution >= 0.6 is 0 Å². The second-order valence-corrected chi connectivity index (χ2v) is 31.8. The lowest BCUT2D eigenvalue weighted by Gasteiger charge is -2.59. The van der Waals surface area contributed by atoms with Crippen LogP contribution in [0.3, 0.4) is 0 Å². The SMILES string of the molecule is CC(C)(C)[C@H]1OC23O[C@H](C(C)(C)C)C(=O)N2c2ccccc2N3C1=O.CC[C@]1(C)C(=O)[C@@](C)(CC)N2C(=O)[C@@](C)(C3C=CC=CC3)OC23O[C@](C)(C2C=CC=CC2)C(=O)N31.CC[C@]1(C)C[C@@](C)(CC)N2C(=O)[C@@H](C(C)(C)C)OC23O[C@H](C(C)(C)C)C(=O)N31. The van der Waals surface area contributed by atoms with Gasteiger partial charge in [-0.1, -0.05) is 172 Å². The Morgan fingerprint density at radius 3 is 1.06 bits per heavy atom. The summed E-state index contributed by atoms with van der Waals surface area (Å²) in [5.41, 5.74) is -6.23. The average Bonchev–Trinajstić information content (AvgIpc) is 1.52. The molecule has 0 N–H and O–H groups in total. The smallest absolute Gasteiger partial charge is 0.301 e. The molecular weight excluding hydrogens is 1120 g/mol. The van der Waals surface area contributed by atoms with Crippen LogP contribution in [-0.4, -0.2) is 137 Å². The minimum Gasteiger partial charge on any atom is -0.301 e. The highest BCUT2D eigenvalue weighted by Crippen LogP contribution is 2.63. The second kappa shape index (κ2) is 20.5. The Balaban J connectivity index is 0.000000148. The summed E-state index contributed by atoms with van der Waals surface area (Å²) in [5.74, 6) is -1.83. The van der Waals surface area contributed by atoms with E-state index in [1.807, 2.05) is 170 Å². The fourth-order valence-electron chi connectivity index (χ4n) is 15.4. The van der Waals surface area contributed by atoms with Crippen LogP contribution in [0, 0.1) is 33.5 Å². The van der Waals surface area contributed by atoms with Gasteiger partial charge < -0.3 is 18.9 Å². The molecule has 19 nitrogen and oxygen atoms in total. The molecule has 9 heterocycles. The van der Waals surface area contributed by atoms with Crippen molar-refractivity contribution in [2.24, 2.45) is 33.5 Å². The summed E-state index contributed by atoms with van der Waals surface area (Å²) in [6.07, 6.45) is 17.2. The topological polar surface area (TPSA) is 194 Å². The van der Waals surface area contributed by atoms with Gasteiger partial charge in [-0.05, 0) is 120 Å². The number of anilines is 2. The minimum atomic E-state index is -1.80. The molecule has 0 aromatic heterocycles. The first-order valence-corrected chi connectivity index (χ1v) is 32.0. The van der Waals surface area contributed by atoms with Gasteiger partial charge in [-0.25, -0.2) is 9.80 Å².